The van der Waals surface area contributed by atoms with Crippen molar-refractivity contribution in [2.24, 2.45) is 5.92 Å². The van der Waals surface area contributed by atoms with Crippen LogP contribution in [0.4, 0.5) is 5.69 Å². The quantitative estimate of drug-likeness (QED) is 0.835. The van der Waals surface area contributed by atoms with Crippen LogP contribution in [-0.2, 0) is 16.1 Å². The second kappa shape index (κ2) is 6.83. The number of nitrogens with zero attached hydrogens (tertiary/aromatic N) is 3. The molecule has 130 valence electrons. The van der Waals surface area contributed by atoms with Crippen LogP contribution in [0.2, 0.25) is 0 Å². The fourth-order valence-electron chi connectivity index (χ4n) is 3.93. The van der Waals surface area contributed by atoms with Gasteiger partial charge in [-0.3, -0.25) is 9.59 Å². The van der Waals surface area contributed by atoms with Crippen molar-refractivity contribution in [2.45, 2.75) is 39.3 Å². The van der Waals surface area contributed by atoms with Gasteiger partial charge in [0.25, 0.3) is 0 Å². The Morgan fingerprint density at radius 3 is 2.62 bits per heavy atom. The third-order valence-electron chi connectivity index (χ3n) is 5.41. The fraction of sp³-hybridized carbons (Fsp3) is 0.579. The number of likely N-dealkylation sites (tertiary alicyclic amines) is 1. The van der Waals surface area contributed by atoms with Gasteiger partial charge < -0.3 is 14.7 Å². The second-order valence-electron chi connectivity index (χ2n) is 6.99. The minimum Gasteiger partial charge on any atom is -0.372 e. The van der Waals surface area contributed by atoms with Crippen LogP contribution in [0.25, 0.3) is 0 Å². The first-order chi connectivity index (χ1) is 11.5. The zero-order valence-electron chi connectivity index (χ0n) is 14.9. The SMILES string of the molecule is CC[C@H]1CN(C)c2ccccc2CN1C(=O)[C@H]1CCN(C(C)=O)C1. The third-order valence-corrected chi connectivity index (χ3v) is 5.41. The van der Waals surface area contributed by atoms with Crippen molar-refractivity contribution in [3.05, 3.63) is 29.8 Å². The zero-order chi connectivity index (χ0) is 17.3. The predicted molar refractivity (Wildman–Crippen MR) is 94.7 cm³/mol. The topological polar surface area (TPSA) is 43.9 Å². The predicted octanol–water partition coefficient (Wildman–Crippen LogP) is 2.11. The molecule has 0 spiro atoms. The molecule has 1 aromatic carbocycles. The zero-order valence-corrected chi connectivity index (χ0v) is 14.9. The van der Waals surface area contributed by atoms with E-state index >= 15 is 0 Å². The van der Waals surface area contributed by atoms with Gasteiger partial charge in [-0.05, 0) is 24.5 Å². The molecule has 0 unspecified atom stereocenters. The number of para-hydroxylation sites is 1. The highest BCUT2D eigenvalue weighted by molar-refractivity contribution is 5.82. The van der Waals surface area contributed by atoms with Gasteiger partial charge in [0.05, 0.1) is 5.92 Å². The molecule has 2 amide bonds. The van der Waals surface area contributed by atoms with Crippen molar-refractivity contribution in [3.63, 3.8) is 0 Å². The molecule has 0 N–H and O–H groups in total. The molecule has 2 heterocycles. The van der Waals surface area contributed by atoms with Crippen molar-refractivity contribution in [3.8, 4) is 0 Å². The Bertz CT molecular complexity index is 631. The summed E-state index contributed by atoms with van der Waals surface area (Å²) in [6.07, 6.45) is 1.72. The highest BCUT2D eigenvalue weighted by atomic mass is 16.2. The number of anilines is 1. The standard InChI is InChI=1S/C19H27N3O2/c1-4-17-13-20(3)18-8-6-5-7-15(18)12-22(17)19(24)16-9-10-21(11-16)14(2)23/h5-8,16-17H,4,9-13H2,1-3H3/t16-,17-/m0/s1. The van der Waals surface area contributed by atoms with Gasteiger partial charge in [0.2, 0.25) is 11.8 Å². The molecule has 5 nitrogen and oxygen atoms in total. The summed E-state index contributed by atoms with van der Waals surface area (Å²) in [6.45, 7) is 6.51. The monoisotopic (exact) mass is 329 g/mol. The number of benzene rings is 1. The Kier molecular flexibility index (Phi) is 4.78. The lowest BCUT2D eigenvalue weighted by atomic mass is 10.0. The summed E-state index contributed by atoms with van der Waals surface area (Å²) in [5, 5.41) is 0. The summed E-state index contributed by atoms with van der Waals surface area (Å²) < 4.78 is 0. The van der Waals surface area contributed by atoms with Crippen LogP contribution < -0.4 is 4.90 Å². The van der Waals surface area contributed by atoms with Crippen LogP contribution in [0.15, 0.2) is 24.3 Å². The van der Waals surface area contributed by atoms with Gasteiger partial charge in [0.15, 0.2) is 0 Å². The fourth-order valence-corrected chi connectivity index (χ4v) is 3.93. The summed E-state index contributed by atoms with van der Waals surface area (Å²) in [5.74, 6) is 0.215. The summed E-state index contributed by atoms with van der Waals surface area (Å²) in [6, 6.07) is 8.54. The lowest BCUT2D eigenvalue weighted by Crippen LogP contribution is -2.46. The van der Waals surface area contributed by atoms with Crippen LogP contribution in [0.5, 0.6) is 0 Å². The average Bonchev–Trinajstić information content (AvgIpc) is 3.02. The van der Waals surface area contributed by atoms with E-state index in [-0.39, 0.29) is 23.8 Å². The van der Waals surface area contributed by atoms with Crippen LogP contribution in [0.1, 0.15) is 32.3 Å². The minimum atomic E-state index is -0.0569. The molecule has 2 aliphatic rings. The summed E-state index contributed by atoms with van der Waals surface area (Å²) in [4.78, 5) is 30.8. The highest BCUT2D eigenvalue weighted by Gasteiger charge is 2.36. The minimum absolute atomic E-state index is 0.0569. The largest absolute Gasteiger partial charge is 0.372 e. The van der Waals surface area contributed by atoms with Crippen molar-refractivity contribution in [1.29, 1.82) is 0 Å². The molecular weight excluding hydrogens is 302 g/mol. The Morgan fingerprint density at radius 1 is 1.21 bits per heavy atom. The Balaban J connectivity index is 1.83. The molecule has 2 atom stereocenters. The Morgan fingerprint density at radius 2 is 1.96 bits per heavy atom. The molecule has 2 aliphatic heterocycles. The molecule has 0 radical (unpaired) electrons. The average molecular weight is 329 g/mol. The molecule has 0 saturated carbocycles. The number of likely N-dealkylation sites (N-methyl/N-ethyl adjacent to an activating group) is 1. The number of hydrogen-bond donors (Lipinski definition) is 0. The van der Waals surface area contributed by atoms with E-state index in [1.54, 1.807) is 11.8 Å². The first-order valence-corrected chi connectivity index (χ1v) is 8.86. The van der Waals surface area contributed by atoms with Gasteiger partial charge in [-0.15, -0.1) is 0 Å². The van der Waals surface area contributed by atoms with Crippen LogP contribution in [0.3, 0.4) is 0 Å². The number of fused-ring (bicyclic) bond motifs is 1. The molecule has 5 heteroatoms. The normalized spacial score (nSPS) is 23.9. The second-order valence-corrected chi connectivity index (χ2v) is 6.99. The van der Waals surface area contributed by atoms with Crippen LogP contribution in [-0.4, -0.2) is 54.3 Å². The van der Waals surface area contributed by atoms with Crippen molar-refractivity contribution in [1.82, 2.24) is 9.80 Å². The molecule has 1 fully saturated rings. The Hall–Kier alpha value is -2.04. The molecule has 0 bridgehead atoms. The van der Waals surface area contributed by atoms with E-state index in [1.807, 2.05) is 6.07 Å². The van der Waals surface area contributed by atoms with Crippen LogP contribution in [0, 0.1) is 5.92 Å². The van der Waals surface area contributed by atoms with Gasteiger partial charge in [0.1, 0.15) is 0 Å². The van der Waals surface area contributed by atoms with Gasteiger partial charge in [-0.1, -0.05) is 25.1 Å². The number of carbonyl (C=O) groups is 2. The van der Waals surface area contributed by atoms with E-state index in [0.29, 0.717) is 19.6 Å². The first kappa shape index (κ1) is 16.8. The van der Waals surface area contributed by atoms with Crippen LogP contribution >= 0.6 is 0 Å². The van der Waals surface area contributed by atoms with Crippen molar-refractivity contribution in [2.75, 3.05) is 31.6 Å². The van der Waals surface area contributed by atoms with E-state index in [2.05, 4.69) is 42.0 Å². The number of amides is 2. The molecule has 3 rings (SSSR count). The van der Waals surface area contributed by atoms with E-state index in [4.69, 9.17) is 0 Å². The molecule has 24 heavy (non-hydrogen) atoms. The van der Waals surface area contributed by atoms with Gasteiger partial charge >= 0.3 is 0 Å². The summed E-state index contributed by atoms with van der Waals surface area (Å²) in [7, 11) is 2.10. The van der Waals surface area contributed by atoms with E-state index in [0.717, 1.165) is 19.4 Å². The lowest BCUT2D eigenvalue weighted by molar-refractivity contribution is -0.138. The first-order valence-electron chi connectivity index (χ1n) is 8.86. The summed E-state index contributed by atoms with van der Waals surface area (Å²) >= 11 is 0. The van der Waals surface area contributed by atoms with Gasteiger partial charge in [0, 0.05) is 51.9 Å². The molecule has 0 aliphatic carbocycles. The van der Waals surface area contributed by atoms with Crippen molar-refractivity contribution < 1.29 is 9.59 Å². The van der Waals surface area contributed by atoms with Gasteiger partial charge in [-0.2, -0.15) is 0 Å². The van der Waals surface area contributed by atoms with E-state index in [1.165, 1.54) is 11.3 Å². The van der Waals surface area contributed by atoms with E-state index in [9.17, 15) is 9.59 Å². The maximum absolute atomic E-state index is 13.2. The number of carbonyl (C=O) groups excluding carboxylic acids is 2. The number of hydrogen-bond acceptors (Lipinski definition) is 3. The Labute approximate surface area is 144 Å². The molecule has 0 aromatic heterocycles. The van der Waals surface area contributed by atoms with Crippen molar-refractivity contribution >= 4 is 17.5 Å². The maximum atomic E-state index is 13.2. The smallest absolute Gasteiger partial charge is 0.228 e. The lowest BCUT2D eigenvalue weighted by Gasteiger charge is -2.32. The highest BCUT2D eigenvalue weighted by Crippen LogP contribution is 2.29. The molecule has 1 aromatic rings. The van der Waals surface area contributed by atoms with Gasteiger partial charge in [-0.25, -0.2) is 0 Å². The molecular formula is C19H27N3O2. The van der Waals surface area contributed by atoms with E-state index < -0.39 is 0 Å². The molecule has 1 saturated heterocycles. The summed E-state index contributed by atoms with van der Waals surface area (Å²) in [5.41, 5.74) is 2.41. The maximum Gasteiger partial charge on any atom is 0.228 e. The third kappa shape index (κ3) is 3.12. The number of rotatable bonds is 2.